The molecule has 2 aromatic rings. The summed E-state index contributed by atoms with van der Waals surface area (Å²) in [5, 5.41) is 0. The molecular weight excluding hydrogens is 333 g/mol. The van der Waals surface area contributed by atoms with Crippen LogP contribution in [0.25, 0.3) is 0 Å². The number of piperazine rings is 1. The Morgan fingerprint density at radius 3 is 2.54 bits per heavy atom. The summed E-state index contributed by atoms with van der Waals surface area (Å²) in [7, 11) is 0. The number of hydrogen-bond acceptors (Lipinski definition) is 4. The van der Waals surface area contributed by atoms with Crippen molar-refractivity contribution in [3.63, 3.8) is 0 Å². The van der Waals surface area contributed by atoms with E-state index in [9.17, 15) is 14.0 Å². The predicted molar refractivity (Wildman–Crippen MR) is 97.8 cm³/mol. The second-order valence-corrected chi connectivity index (χ2v) is 6.45. The lowest BCUT2D eigenvalue weighted by Crippen LogP contribution is -2.49. The number of anilines is 1. The predicted octanol–water partition coefficient (Wildman–Crippen LogP) is 2.70. The van der Waals surface area contributed by atoms with Crippen molar-refractivity contribution in [2.45, 2.75) is 19.8 Å². The normalized spacial score (nSPS) is 14.4. The fraction of sp³-hybridized carbons (Fsp3) is 0.350. The smallest absolute Gasteiger partial charge is 0.223 e. The Bertz CT molecular complexity index is 787. The molecule has 0 radical (unpaired) electrons. The molecule has 3 rings (SSSR count). The molecule has 5 nitrogen and oxygen atoms in total. The molecule has 1 aliphatic rings. The first-order valence-electron chi connectivity index (χ1n) is 8.76. The van der Waals surface area contributed by atoms with Crippen LogP contribution in [0.15, 0.2) is 42.7 Å². The SMILES string of the molecule is CC(=O)c1ccc(N2CCN(C(=O)CCc3cccnc3)CC2)c(F)c1. The maximum absolute atomic E-state index is 14.3. The van der Waals surface area contributed by atoms with E-state index < -0.39 is 5.82 Å². The lowest BCUT2D eigenvalue weighted by Gasteiger charge is -2.36. The third-order valence-electron chi connectivity index (χ3n) is 4.68. The highest BCUT2D eigenvalue weighted by atomic mass is 19.1. The molecule has 1 aliphatic heterocycles. The number of hydrogen-bond donors (Lipinski definition) is 0. The number of aromatic nitrogens is 1. The minimum Gasteiger partial charge on any atom is -0.366 e. The van der Waals surface area contributed by atoms with E-state index in [1.807, 2.05) is 21.9 Å². The number of Topliss-reactive ketones (excluding diaryl/α,β-unsaturated/α-hetero) is 1. The summed E-state index contributed by atoms with van der Waals surface area (Å²) in [6.07, 6.45) is 4.62. The van der Waals surface area contributed by atoms with Crippen molar-refractivity contribution in [1.82, 2.24) is 9.88 Å². The van der Waals surface area contributed by atoms with Crippen LogP contribution in [0.5, 0.6) is 0 Å². The number of carbonyl (C=O) groups is 2. The summed E-state index contributed by atoms with van der Waals surface area (Å²) in [6, 6.07) is 8.40. The van der Waals surface area contributed by atoms with Gasteiger partial charge in [0, 0.05) is 50.6 Å². The van der Waals surface area contributed by atoms with Crippen LogP contribution in [0.1, 0.15) is 29.3 Å². The number of pyridine rings is 1. The van der Waals surface area contributed by atoms with Crippen LogP contribution in [0.4, 0.5) is 10.1 Å². The first kappa shape index (κ1) is 18.0. The molecule has 0 saturated carbocycles. The summed E-state index contributed by atoms with van der Waals surface area (Å²) in [5.74, 6) is -0.436. The quantitative estimate of drug-likeness (QED) is 0.774. The van der Waals surface area contributed by atoms with E-state index in [2.05, 4.69) is 4.98 Å². The number of halogens is 1. The van der Waals surface area contributed by atoms with Gasteiger partial charge in [-0.3, -0.25) is 14.6 Å². The van der Waals surface area contributed by atoms with Crippen molar-refractivity contribution in [3.05, 3.63) is 59.7 Å². The molecule has 0 bridgehead atoms. The topological polar surface area (TPSA) is 53.5 Å². The van der Waals surface area contributed by atoms with Gasteiger partial charge in [-0.2, -0.15) is 0 Å². The zero-order valence-electron chi connectivity index (χ0n) is 14.8. The Morgan fingerprint density at radius 1 is 1.15 bits per heavy atom. The lowest BCUT2D eigenvalue weighted by atomic mass is 10.1. The van der Waals surface area contributed by atoms with Crippen molar-refractivity contribution in [3.8, 4) is 0 Å². The number of benzene rings is 1. The Balaban J connectivity index is 1.54. The van der Waals surface area contributed by atoms with E-state index in [1.54, 1.807) is 24.5 Å². The molecule has 136 valence electrons. The van der Waals surface area contributed by atoms with Gasteiger partial charge in [0.15, 0.2) is 5.78 Å². The van der Waals surface area contributed by atoms with E-state index >= 15 is 0 Å². The summed E-state index contributed by atoms with van der Waals surface area (Å²) < 4.78 is 14.3. The molecule has 0 unspecified atom stereocenters. The van der Waals surface area contributed by atoms with Gasteiger partial charge in [0.25, 0.3) is 0 Å². The average Bonchev–Trinajstić information content (AvgIpc) is 2.67. The Hall–Kier alpha value is -2.76. The fourth-order valence-corrected chi connectivity index (χ4v) is 3.13. The Morgan fingerprint density at radius 2 is 1.92 bits per heavy atom. The minimum atomic E-state index is -0.394. The van der Waals surface area contributed by atoms with Crippen LogP contribution < -0.4 is 4.90 Å². The molecule has 0 N–H and O–H groups in total. The molecular formula is C20H22FN3O2. The first-order valence-corrected chi connectivity index (χ1v) is 8.76. The van der Waals surface area contributed by atoms with Crippen LogP contribution in [-0.2, 0) is 11.2 Å². The molecule has 6 heteroatoms. The lowest BCUT2D eigenvalue weighted by molar-refractivity contribution is -0.131. The molecule has 1 aromatic heterocycles. The second-order valence-electron chi connectivity index (χ2n) is 6.45. The Kier molecular flexibility index (Phi) is 5.61. The number of aryl methyl sites for hydroxylation is 1. The fourth-order valence-electron chi connectivity index (χ4n) is 3.13. The Labute approximate surface area is 152 Å². The van der Waals surface area contributed by atoms with Crippen molar-refractivity contribution < 1.29 is 14.0 Å². The molecule has 0 spiro atoms. The first-order chi connectivity index (χ1) is 12.5. The summed E-state index contributed by atoms with van der Waals surface area (Å²) in [4.78, 5) is 31.5. The van der Waals surface area contributed by atoms with E-state index in [1.165, 1.54) is 13.0 Å². The summed E-state index contributed by atoms with van der Waals surface area (Å²) in [5.41, 5.74) is 1.90. The molecule has 2 heterocycles. The van der Waals surface area contributed by atoms with Crippen LogP contribution in [0, 0.1) is 5.82 Å². The van der Waals surface area contributed by atoms with Crippen molar-refractivity contribution in [2.24, 2.45) is 0 Å². The standard InChI is InChI=1S/C20H22FN3O2/c1-15(25)17-5-6-19(18(21)13-17)23-9-11-24(12-10-23)20(26)7-4-16-3-2-8-22-14-16/h2-3,5-6,8,13-14H,4,7,9-12H2,1H3. The zero-order valence-corrected chi connectivity index (χ0v) is 14.8. The molecule has 1 aromatic carbocycles. The van der Waals surface area contributed by atoms with Crippen LogP contribution >= 0.6 is 0 Å². The molecule has 1 amide bonds. The molecule has 0 atom stereocenters. The summed E-state index contributed by atoms with van der Waals surface area (Å²) in [6.45, 7) is 3.72. The van der Waals surface area contributed by atoms with Crippen molar-refractivity contribution in [2.75, 3.05) is 31.1 Å². The molecule has 1 fully saturated rings. The van der Waals surface area contributed by atoms with E-state index in [-0.39, 0.29) is 11.7 Å². The van der Waals surface area contributed by atoms with Gasteiger partial charge in [0.05, 0.1) is 5.69 Å². The molecule has 26 heavy (non-hydrogen) atoms. The maximum Gasteiger partial charge on any atom is 0.223 e. The highest BCUT2D eigenvalue weighted by molar-refractivity contribution is 5.94. The summed E-state index contributed by atoms with van der Waals surface area (Å²) >= 11 is 0. The minimum absolute atomic E-state index is 0.112. The monoisotopic (exact) mass is 355 g/mol. The highest BCUT2D eigenvalue weighted by Gasteiger charge is 2.23. The number of amides is 1. The van der Waals surface area contributed by atoms with E-state index in [4.69, 9.17) is 0 Å². The second kappa shape index (κ2) is 8.08. The van der Waals surface area contributed by atoms with Gasteiger partial charge in [-0.05, 0) is 43.2 Å². The maximum atomic E-state index is 14.3. The molecule has 1 saturated heterocycles. The molecule has 0 aliphatic carbocycles. The number of rotatable bonds is 5. The largest absolute Gasteiger partial charge is 0.366 e. The van der Waals surface area contributed by atoms with Gasteiger partial charge < -0.3 is 9.80 Å². The van der Waals surface area contributed by atoms with Crippen LogP contribution in [0.3, 0.4) is 0 Å². The van der Waals surface area contributed by atoms with Gasteiger partial charge in [0.2, 0.25) is 5.91 Å². The van der Waals surface area contributed by atoms with Crippen molar-refractivity contribution >= 4 is 17.4 Å². The van der Waals surface area contributed by atoms with Gasteiger partial charge in [-0.15, -0.1) is 0 Å². The number of carbonyl (C=O) groups excluding carboxylic acids is 2. The van der Waals surface area contributed by atoms with Crippen LogP contribution in [-0.4, -0.2) is 47.8 Å². The number of nitrogens with zero attached hydrogens (tertiary/aromatic N) is 3. The van der Waals surface area contributed by atoms with E-state index in [0.717, 1.165) is 5.56 Å². The van der Waals surface area contributed by atoms with Crippen LogP contribution in [0.2, 0.25) is 0 Å². The van der Waals surface area contributed by atoms with Gasteiger partial charge in [0.1, 0.15) is 5.82 Å². The third-order valence-corrected chi connectivity index (χ3v) is 4.68. The van der Waals surface area contributed by atoms with E-state index in [0.29, 0.717) is 50.3 Å². The highest BCUT2D eigenvalue weighted by Crippen LogP contribution is 2.22. The average molecular weight is 355 g/mol. The third kappa shape index (κ3) is 4.25. The van der Waals surface area contributed by atoms with Gasteiger partial charge in [-0.1, -0.05) is 6.07 Å². The zero-order chi connectivity index (χ0) is 18.5. The van der Waals surface area contributed by atoms with Gasteiger partial charge >= 0.3 is 0 Å². The van der Waals surface area contributed by atoms with Crippen molar-refractivity contribution in [1.29, 1.82) is 0 Å². The van der Waals surface area contributed by atoms with Gasteiger partial charge in [-0.25, -0.2) is 4.39 Å². The number of ketones is 1.